The highest BCUT2D eigenvalue weighted by atomic mass is 32.2. The van der Waals surface area contributed by atoms with Crippen LogP contribution >= 0.6 is 11.8 Å². The second-order valence-electron chi connectivity index (χ2n) is 3.41. The van der Waals surface area contributed by atoms with Gasteiger partial charge in [-0.1, -0.05) is 0 Å². The first kappa shape index (κ1) is 11.0. The molecule has 2 aromatic rings. The van der Waals surface area contributed by atoms with Crippen LogP contribution in [-0.4, -0.2) is 26.5 Å². The van der Waals surface area contributed by atoms with E-state index in [4.69, 9.17) is 5.73 Å². The highest BCUT2D eigenvalue weighted by molar-refractivity contribution is 7.98. The molecule has 0 aromatic carbocycles. The number of hydrogen-bond donors (Lipinski definition) is 1. The monoisotopic (exact) mass is 234 g/mol. The smallest absolute Gasteiger partial charge is 0.140 e. The third-order valence-electron chi connectivity index (χ3n) is 2.29. The number of nitrogens with zero attached hydrogens (tertiary/aromatic N) is 3. The molecule has 16 heavy (non-hydrogen) atoms. The predicted octanol–water partition coefficient (Wildman–Crippen LogP) is 1.89. The number of anilines is 1. The van der Waals surface area contributed by atoms with E-state index in [1.54, 1.807) is 6.20 Å². The first-order valence-corrected chi connectivity index (χ1v) is 6.42. The van der Waals surface area contributed by atoms with Crippen LogP contribution in [0, 0.1) is 0 Å². The first-order chi connectivity index (χ1) is 7.81. The van der Waals surface area contributed by atoms with Gasteiger partial charge in [0.1, 0.15) is 11.6 Å². The molecule has 0 amide bonds. The van der Waals surface area contributed by atoms with Crippen LogP contribution in [0.4, 0.5) is 5.82 Å². The lowest BCUT2D eigenvalue weighted by Gasteiger charge is -2.06. The number of nitrogen functional groups attached to an aromatic ring is 1. The van der Waals surface area contributed by atoms with E-state index >= 15 is 0 Å². The lowest BCUT2D eigenvalue weighted by Crippen LogP contribution is -2.02. The van der Waals surface area contributed by atoms with Crippen molar-refractivity contribution in [2.75, 3.05) is 17.7 Å². The van der Waals surface area contributed by atoms with E-state index in [9.17, 15) is 0 Å². The lowest BCUT2D eigenvalue weighted by atomic mass is 10.2. The summed E-state index contributed by atoms with van der Waals surface area (Å²) in [6.45, 7) is 0.957. The van der Waals surface area contributed by atoms with Crippen molar-refractivity contribution in [2.45, 2.75) is 6.54 Å². The van der Waals surface area contributed by atoms with Crippen molar-refractivity contribution in [3.8, 4) is 11.4 Å². The van der Waals surface area contributed by atoms with E-state index in [0.29, 0.717) is 5.82 Å². The molecule has 0 saturated heterocycles. The van der Waals surface area contributed by atoms with Gasteiger partial charge in [-0.25, -0.2) is 9.97 Å². The molecular weight excluding hydrogens is 220 g/mol. The summed E-state index contributed by atoms with van der Waals surface area (Å²) in [4.78, 5) is 8.33. The fourth-order valence-electron chi connectivity index (χ4n) is 1.53. The molecule has 0 fully saturated rings. The minimum Gasteiger partial charge on any atom is -0.384 e. The minimum absolute atomic E-state index is 0.525. The Morgan fingerprint density at radius 3 is 3.00 bits per heavy atom. The van der Waals surface area contributed by atoms with Gasteiger partial charge in [-0.05, 0) is 18.4 Å². The summed E-state index contributed by atoms with van der Waals surface area (Å²) in [7, 11) is 0. The Hall–Kier alpha value is -1.49. The van der Waals surface area contributed by atoms with Crippen molar-refractivity contribution in [1.29, 1.82) is 0 Å². The van der Waals surface area contributed by atoms with Crippen LogP contribution in [0.5, 0.6) is 0 Å². The van der Waals surface area contributed by atoms with Crippen molar-refractivity contribution in [3.63, 3.8) is 0 Å². The Morgan fingerprint density at radius 1 is 1.38 bits per heavy atom. The van der Waals surface area contributed by atoms with Crippen LogP contribution in [0.2, 0.25) is 0 Å². The van der Waals surface area contributed by atoms with E-state index in [1.165, 1.54) is 0 Å². The Balaban J connectivity index is 2.29. The average Bonchev–Trinajstić information content (AvgIpc) is 2.74. The molecule has 2 heterocycles. The molecule has 84 valence electrons. The summed E-state index contributed by atoms with van der Waals surface area (Å²) in [5.41, 5.74) is 6.68. The quantitative estimate of drug-likeness (QED) is 0.877. The lowest BCUT2D eigenvalue weighted by molar-refractivity contribution is 0.780. The van der Waals surface area contributed by atoms with Crippen LogP contribution in [0.3, 0.4) is 0 Å². The van der Waals surface area contributed by atoms with Gasteiger partial charge in [-0.2, -0.15) is 11.8 Å². The Morgan fingerprint density at radius 2 is 2.25 bits per heavy atom. The van der Waals surface area contributed by atoms with Crippen LogP contribution < -0.4 is 5.73 Å². The molecule has 5 heteroatoms. The van der Waals surface area contributed by atoms with Crippen LogP contribution in [0.1, 0.15) is 0 Å². The van der Waals surface area contributed by atoms with Crippen molar-refractivity contribution in [1.82, 2.24) is 14.5 Å². The van der Waals surface area contributed by atoms with E-state index in [1.807, 2.05) is 36.3 Å². The number of imidazole rings is 1. The third-order valence-corrected chi connectivity index (χ3v) is 2.88. The molecule has 2 aromatic heterocycles. The zero-order valence-corrected chi connectivity index (χ0v) is 9.94. The number of rotatable bonds is 4. The second kappa shape index (κ2) is 5.03. The molecule has 2 rings (SSSR count). The first-order valence-electron chi connectivity index (χ1n) is 5.03. The van der Waals surface area contributed by atoms with Crippen LogP contribution in [0.15, 0.2) is 30.7 Å². The van der Waals surface area contributed by atoms with Crippen LogP contribution in [0.25, 0.3) is 11.4 Å². The van der Waals surface area contributed by atoms with E-state index in [2.05, 4.69) is 20.8 Å². The largest absolute Gasteiger partial charge is 0.384 e. The maximum absolute atomic E-state index is 5.66. The number of nitrogens with two attached hydrogens (primary N) is 1. The third kappa shape index (κ3) is 2.36. The molecule has 0 aliphatic heterocycles. The van der Waals surface area contributed by atoms with Crippen molar-refractivity contribution in [2.24, 2.45) is 0 Å². The molecule has 0 aliphatic rings. The highest BCUT2D eigenvalue weighted by Crippen LogP contribution is 2.18. The van der Waals surface area contributed by atoms with Crippen molar-refractivity contribution >= 4 is 17.6 Å². The molecule has 0 atom stereocenters. The summed E-state index contributed by atoms with van der Waals surface area (Å²) in [6.07, 6.45) is 7.60. The van der Waals surface area contributed by atoms with Gasteiger partial charge in [0.05, 0.1) is 0 Å². The van der Waals surface area contributed by atoms with Gasteiger partial charge >= 0.3 is 0 Å². The van der Waals surface area contributed by atoms with Crippen molar-refractivity contribution in [3.05, 3.63) is 30.7 Å². The van der Waals surface area contributed by atoms with E-state index in [0.717, 1.165) is 23.7 Å². The fraction of sp³-hybridized carbons (Fsp3) is 0.273. The van der Waals surface area contributed by atoms with Gasteiger partial charge < -0.3 is 10.3 Å². The molecular formula is C11H14N4S. The normalized spacial score (nSPS) is 10.6. The van der Waals surface area contributed by atoms with Gasteiger partial charge in [-0.15, -0.1) is 0 Å². The molecule has 0 aliphatic carbocycles. The van der Waals surface area contributed by atoms with E-state index in [-0.39, 0.29) is 0 Å². The Kier molecular flexibility index (Phi) is 3.46. The SMILES string of the molecule is CSCCn1ccnc1-c1ccnc(N)c1. The predicted molar refractivity (Wildman–Crippen MR) is 68.3 cm³/mol. The number of pyridine rings is 1. The van der Waals surface area contributed by atoms with Gasteiger partial charge in [0.15, 0.2) is 0 Å². The van der Waals surface area contributed by atoms with E-state index < -0.39 is 0 Å². The highest BCUT2D eigenvalue weighted by Gasteiger charge is 2.05. The van der Waals surface area contributed by atoms with Gasteiger partial charge in [0.2, 0.25) is 0 Å². The maximum atomic E-state index is 5.66. The Labute approximate surface area is 98.9 Å². The zero-order valence-electron chi connectivity index (χ0n) is 9.13. The van der Waals surface area contributed by atoms with Gasteiger partial charge in [0.25, 0.3) is 0 Å². The van der Waals surface area contributed by atoms with Crippen LogP contribution in [-0.2, 0) is 6.54 Å². The second-order valence-corrected chi connectivity index (χ2v) is 4.39. The van der Waals surface area contributed by atoms with Gasteiger partial charge in [0, 0.05) is 36.5 Å². The Bertz CT molecular complexity index is 467. The molecule has 0 spiro atoms. The summed E-state index contributed by atoms with van der Waals surface area (Å²) >= 11 is 1.82. The number of hydrogen-bond acceptors (Lipinski definition) is 4. The zero-order chi connectivity index (χ0) is 11.4. The van der Waals surface area contributed by atoms with Crippen molar-refractivity contribution < 1.29 is 0 Å². The topological polar surface area (TPSA) is 56.7 Å². The summed E-state index contributed by atoms with van der Waals surface area (Å²) < 4.78 is 2.13. The summed E-state index contributed by atoms with van der Waals surface area (Å²) in [5.74, 6) is 2.55. The minimum atomic E-state index is 0.525. The standard InChI is InChI=1S/C11H14N4S/c1-16-7-6-15-5-4-14-11(15)9-2-3-13-10(12)8-9/h2-5,8H,6-7H2,1H3,(H2,12,13). The molecule has 0 bridgehead atoms. The number of aromatic nitrogens is 3. The summed E-state index contributed by atoms with van der Waals surface area (Å²) in [6, 6.07) is 3.77. The summed E-state index contributed by atoms with van der Waals surface area (Å²) in [5, 5.41) is 0. The number of aryl methyl sites for hydroxylation is 1. The van der Waals surface area contributed by atoms with Gasteiger partial charge in [-0.3, -0.25) is 0 Å². The molecule has 0 unspecified atom stereocenters. The maximum Gasteiger partial charge on any atom is 0.140 e. The molecule has 0 radical (unpaired) electrons. The molecule has 0 saturated carbocycles. The fourth-order valence-corrected chi connectivity index (χ4v) is 1.91. The number of thioether (sulfide) groups is 1. The molecule has 4 nitrogen and oxygen atoms in total. The molecule has 2 N–H and O–H groups in total. The average molecular weight is 234 g/mol.